The van der Waals surface area contributed by atoms with E-state index in [2.05, 4.69) is 16.4 Å². The fourth-order valence-electron chi connectivity index (χ4n) is 2.89. The zero-order chi connectivity index (χ0) is 19.4. The van der Waals surface area contributed by atoms with Gasteiger partial charge in [0.1, 0.15) is 6.07 Å². The summed E-state index contributed by atoms with van der Waals surface area (Å²) >= 11 is 6.34. The summed E-state index contributed by atoms with van der Waals surface area (Å²) in [4.78, 5) is 4.07. The maximum absolute atomic E-state index is 9.84. The van der Waals surface area contributed by atoms with Gasteiger partial charge in [-0.05, 0) is 17.7 Å². The topological polar surface area (TPSA) is 125 Å². The smallest absolute Gasteiger partial charge is 0.102 e. The molecule has 0 amide bonds. The van der Waals surface area contributed by atoms with E-state index in [-0.39, 0.29) is 17.0 Å². The van der Waals surface area contributed by atoms with Crippen molar-refractivity contribution in [2.75, 3.05) is 0 Å². The Morgan fingerprint density at radius 1 is 1.26 bits per heavy atom. The molecule has 0 saturated carbocycles. The molecule has 27 heavy (non-hydrogen) atoms. The van der Waals surface area contributed by atoms with Gasteiger partial charge in [0.2, 0.25) is 0 Å². The van der Waals surface area contributed by atoms with E-state index in [1.165, 1.54) is 6.20 Å². The van der Waals surface area contributed by atoms with Crippen LogP contribution in [0.1, 0.15) is 11.1 Å². The average Bonchev–Trinajstić information content (AvgIpc) is 2.69. The lowest BCUT2D eigenvalue weighted by molar-refractivity contribution is 0.831. The van der Waals surface area contributed by atoms with Gasteiger partial charge in [-0.3, -0.25) is 10.4 Å². The van der Waals surface area contributed by atoms with Gasteiger partial charge in [0.15, 0.2) is 0 Å². The quantitative estimate of drug-likeness (QED) is 0.653. The SMILES string of the molecule is N#CC1=C(NCc2cccnc2)C(=N)/C(=C\N)C(N)=C1c1ccccc1Cl. The lowest BCUT2D eigenvalue weighted by Crippen LogP contribution is -2.30. The Kier molecular flexibility index (Phi) is 5.25. The van der Waals surface area contributed by atoms with Gasteiger partial charge in [-0.25, -0.2) is 0 Å². The van der Waals surface area contributed by atoms with Gasteiger partial charge in [-0.15, -0.1) is 0 Å². The molecule has 1 heterocycles. The molecule has 1 aliphatic rings. The van der Waals surface area contributed by atoms with E-state index in [4.69, 9.17) is 28.5 Å². The van der Waals surface area contributed by atoms with Crippen molar-refractivity contribution >= 4 is 22.9 Å². The van der Waals surface area contributed by atoms with E-state index in [1.807, 2.05) is 18.2 Å². The number of pyridine rings is 1. The predicted molar refractivity (Wildman–Crippen MR) is 106 cm³/mol. The molecule has 1 aromatic heterocycles. The number of nitrogens with zero attached hydrogens (tertiary/aromatic N) is 2. The van der Waals surface area contributed by atoms with Crippen molar-refractivity contribution in [1.29, 1.82) is 10.7 Å². The van der Waals surface area contributed by atoms with Crippen LogP contribution in [-0.4, -0.2) is 10.7 Å². The first-order valence-electron chi connectivity index (χ1n) is 8.12. The van der Waals surface area contributed by atoms with Gasteiger partial charge >= 0.3 is 0 Å². The zero-order valence-corrected chi connectivity index (χ0v) is 15.1. The summed E-state index contributed by atoms with van der Waals surface area (Å²) in [7, 11) is 0. The predicted octanol–water partition coefficient (Wildman–Crippen LogP) is 2.85. The van der Waals surface area contributed by atoms with Gasteiger partial charge in [-0.1, -0.05) is 35.9 Å². The third-order valence-electron chi connectivity index (χ3n) is 4.19. The van der Waals surface area contributed by atoms with Crippen LogP contribution in [0.2, 0.25) is 5.02 Å². The number of nitrogens with two attached hydrogens (primary N) is 2. The highest BCUT2D eigenvalue weighted by atomic mass is 35.5. The van der Waals surface area contributed by atoms with Gasteiger partial charge in [0.25, 0.3) is 0 Å². The Hall–Kier alpha value is -3.56. The summed E-state index contributed by atoms with van der Waals surface area (Å²) in [5, 5.41) is 21.9. The van der Waals surface area contributed by atoms with Crippen LogP contribution >= 0.6 is 11.6 Å². The number of benzene rings is 1. The van der Waals surface area contributed by atoms with Crippen molar-refractivity contribution in [2.45, 2.75) is 6.54 Å². The van der Waals surface area contributed by atoms with E-state index >= 15 is 0 Å². The molecule has 1 aromatic carbocycles. The van der Waals surface area contributed by atoms with Crippen molar-refractivity contribution in [3.05, 3.63) is 93.7 Å². The molecule has 7 heteroatoms. The molecular formula is C20H17ClN6. The van der Waals surface area contributed by atoms with Gasteiger partial charge in [0, 0.05) is 46.9 Å². The molecule has 3 rings (SSSR count). The van der Waals surface area contributed by atoms with Crippen LogP contribution in [0.4, 0.5) is 0 Å². The van der Waals surface area contributed by atoms with Crippen LogP contribution in [-0.2, 0) is 6.54 Å². The summed E-state index contributed by atoms with van der Waals surface area (Å²) in [5.74, 6) is 0. The molecular weight excluding hydrogens is 360 g/mol. The minimum absolute atomic E-state index is 0.0613. The summed E-state index contributed by atoms with van der Waals surface area (Å²) in [5.41, 5.74) is 15.2. The van der Waals surface area contributed by atoms with Crippen LogP contribution in [0.25, 0.3) is 5.57 Å². The van der Waals surface area contributed by atoms with Crippen molar-refractivity contribution in [3.8, 4) is 6.07 Å². The fraction of sp³-hybridized carbons (Fsp3) is 0.0500. The number of halogens is 1. The molecule has 0 fully saturated rings. The third kappa shape index (κ3) is 3.41. The number of rotatable bonds is 4. The second kappa shape index (κ2) is 7.77. The minimum atomic E-state index is 0.0613. The first kappa shape index (κ1) is 18.2. The molecule has 0 spiro atoms. The van der Waals surface area contributed by atoms with Crippen molar-refractivity contribution in [3.63, 3.8) is 0 Å². The van der Waals surface area contributed by atoms with Crippen molar-refractivity contribution < 1.29 is 0 Å². The highest BCUT2D eigenvalue weighted by Gasteiger charge is 2.30. The number of nitriles is 1. The monoisotopic (exact) mass is 376 g/mol. The Morgan fingerprint density at radius 2 is 2.04 bits per heavy atom. The molecule has 6 nitrogen and oxygen atoms in total. The number of hydrogen-bond donors (Lipinski definition) is 4. The summed E-state index contributed by atoms with van der Waals surface area (Å²) < 4.78 is 0. The first-order chi connectivity index (χ1) is 13.1. The summed E-state index contributed by atoms with van der Waals surface area (Å²) in [6.45, 7) is 0.393. The fourth-order valence-corrected chi connectivity index (χ4v) is 3.12. The van der Waals surface area contributed by atoms with Crippen LogP contribution in [0.3, 0.4) is 0 Å². The van der Waals surface area contributed by atoms with Crippen molar-refractivity contribution in [2.24, 2.45) is 11.5 Å². The van der Waals surface area contributed by atoms with Gasteiger partial charge in [-0.2, -0.15) is 5.26 Å². The average molecular weight is 377 g/mol. The Bertz CT molecular complexity index is 1030. The van der Waals surface area contributed by atoms with E-state index in [9.17, 15) is 5.26 Å². The molecule has 134 valence electrons. The molecule has 0 unspecified atom stereocenters. The van der Waals surface area contributed by atoms with Gasteiger partial charge < -0.3 is 16.8 Å². The lowest BCUT2D eigenvalue weighted by atomic mass is 9.84. The maximum atomic E-state index is 9.84. The molecule has 0 saturated heterocycles. The van der Waals surface area contributed by atoms with E-state index in [0.29, 0.717) is 34.0 Å². The maximum Gasteiger partial charge on any atom is 0.102 e. The number of hydrogen-bond acceptors (Lipinski definition) is 6. The molecule has 6 N–H and O–H groups in total. The largest absolute Gasteiger partial charge is 0.404 e. The Balaban J connectivity index is 2.14. The second-order valence-corrected chi connectivity index (χ2v) is 6.21. The Morgan fingerprint density at radius 3 is 2.67 bits per heavy atom. The molecule has 0 bridgehead atoms. The van der Waals surface area contributed by atoms with Crippen LogP contribution in [0.15, 0.2) is 77.5 Å². The van der Waals surface area contributed by atoms with Crippen molar-refractivity contribution in [1.82, 2.24) is 10.3 Å². The summed E-state index contributed by atoms with van der Waals surface area (Å²) in [6, 6.07) is 13.0. The second-order valence-electron chi connectivity index (χ2n) is 5.80. The minimum Gasteiger partial charge on any atom is -0.404 e. The molecule has 0 radical (unpaired) electrons. The first-order valence-corrected chi connectivity index (χ1v) is 8.50. The van der Waals surface area contributed by atoms with E-state index < -0.39 is 0 Å². The van der Waals surface area contributed by atoms with E-state index in [1.54, 1.807) is 30.6 Å². The third-order valence-corrected chi connectivity index (χ3v) is 4.52. The molecule has 2 aromatic rings. The highest BCUT2D eigenvalue weighted by Crippen LogP contribution is 2.37. The number of aromatic nitrogens is 1. The molecule has 0 aliphatic heterocycles. The Labute approximate surface area is 162 Å². The number of allylic oxidation sites excluding steroid dienone is 4. The van der Waals surface area contributed by atoms with Gasteiger partial charge in [0.05, 0.1) is 22.7 Å². The standard InChI is InChI=1S/C20H17ClN6/c21-16-6-2-1-5-13(16)17-14(8-22)20(19(25)15(9-23)18(17)24)27-11-12-4-3-7-26-10-12/h1-7,9-10,25,27H,11,23-24H2/b15-9-,25-19?. The zero-order valence-electron chi connectivity index (χ0n) is 14.3. The van der Waals surface area contributed by atoms with E-state index in [0.717, 1.165) is 5.56 Å². The van der Waals surface area contributed by atoms with Crippen LogP contribution in [0, 0.1) is 16.7 Å². The van der Waals surface area contributed by atoms with Crippen LogP contribution < -0.4 is 16.8 Å². The highest BCUT2D eigenvalue weighted by molar-refractivity contribution is 6.33. The summed E-state index contributed by atoms with van der Waals surface area (Å²) in [6.07, 6.45) is 4.67. The van der Waals surface area contributed by atoms with Crippen LogP contribution in [0.5, 0.6) is 0 Å². The lowest BCUT2D eigenvalue weighted by Gasteiger charge is -2.25. The normalized spacial score (nSPS) is 15.9. The number of nitrogens with one attached hydrogen (secondary N) is 2. The molecule has 1 aliphatic carbocycles. The molecule has 0 atom stereocenters.